The highest BCUT2D eigenvalue weighted by Crippen LogP contribution is 2.23. The highest BCUT2D eigenvalue weighted by Gasteiger charge is 2.23. The van der Waals surface area contributed by atoms with Crippen molar-refractivity contribution in [3.8, 4) is 0 Å². The van der Waals surface area contributed by atoms with Gasteiger partial charge >= 0.3 is 7.12 Å². The van der Waals surface area contributed by atoms with Crippen molar-refractivity contribution in [1.82, 2.24) is 4.31 Å². The summed E-state index contributed by atoms with van der Waals surface area (Å²) in [7, 11) is -2.30. The molecule has 0 bridgehead atoms. The molecule has 0 aliphatic rings. The largest absolute Gasteiger partial charge is 0.489 e. The first kappa shape index (κ1) is 14.0. The van der Waals surface area contributed by atoms with E-state index in [1.807, 2.05) is 0 Å². The highest BCUT2D eigenvalue weighted by molar-refractivity contribution is 7.89. The zero-order chi connectivity index (χ0) is 14.2. The van der Waals surface area contributed by atoms with Gasteiger partial charge in [-0.25, -0.2) is 12.7 Å². The molecule has 7 heteroatoms. The zero-order valence-corrected chi connectivity index (χ0v) is 11.4. The second-order valence-electron chi connectivity index (χ2n) is 4.36. The Bertz CT molecular complexity index is 713. The number of fused-ring (bicyclic) bond motifs is 1. The third kappa shape index (κ3) is 2.37. The van der Waals surface area contributed by atoms with E-state index < -0.39 is 17.1 Å². The van der Waals surface area contributed by atoms with Crippen LogP contribution >= 0.6 is 0 Å². The van der Waals surface area contributed by atoms with Gasteiger partial charge in [-0.1, -0.05) is 30.3 Å². The molecular formula is C12H14BNO4S. The third-order valence-electron chi connectivity index (χ3n) is 2.95. The Morgan fingerprint density at radius 3 is 2.11 bits per heavy atom. The maximum atomic E-state index is 12.2. The molecule has 19 heavy (non-hydrogen) atoms. The van der Waals surface area contributed by atoms with E-state index in [0.29, 0.717) is 10.8 Å². The van der Waals surface area contributed by atoms with Crippen LogP contribution in [0.2, 0.25) is 0 Å². The second-order valence-corrected chi connectivity index (χ2v) is 6.48. The summed E-state index contributed by atoms with van der Waals surface area (Å²) in [6.07, 6.45) is 0. The first-order valence-electron chi connectivity index (χ1n) is 5.66. The predicted molar refractivity (Wildman–Crippen MR) is 74.6 cm³/mol. The number of hydrogen-bond acceptors (Lipinski definition) is 4. The quantitative estimate of drug-likeness (QED) is 0.761. The first-order chi connectivity index (χ1) is 8.85. The van der Waals surface area contributed by atoms with Gasteiger partial charge in [0.25, 0.3) is 0 Å². The van der Waals surface area contributed by atoms with Crippen LogP contribution in [-0.2, 0) is 10.0 Å². The van der Waals surface area contributed by atoms with Crippen LogP contribution in [0.1, 0.15) is 0 Å². The van der Waals surface area contributed by atoms with Gasteiger partial charge in [-0.05, 0) is 16.9 Å². The van der Waals surface area contributed by atoms with Crippen molar-refractivity contribution < 1.29 is 18.5 Å². The average molecular weight is 279 g/mol. The summed E-state index contributed by atoms with van der Waals surface area (Å²) in [5, 5.41) is 19.6. The third-order valence-corrected chi connectivity index (χ3v) is 4.83. The fourth-order valence-electron chi connectivity index (χ4n) is 1.94. The maximum Gasteiger partial charge on any atom is 0.489 e. The number of hydrogen-bond donors (Lipinski definition) is 2. The molecule has 0 spiro atoms. The molecule has 2 rings (SSSR count). The molecule has 0 atom stereocenters. The second kappa shape index (κ2) is 4.94. The fraction of sp³-hybridized carbons (Fsp3) is 0.167. The van der Waals surface area contributed by atoms with Gasteiger partial charge in [0.1, 0.15) is 0 Å². The van der Waals surface area contributed by atoms with E-state index in [0.717, 1.165) is 4.31 Å². The lowest BCUT2D eigenvalue weighted by atomic mass is 9.77. The Balaban J connectivity index is 2.84. The van der Waals surface area contributed by atoms with Gasteiger partial charge in [0, 0.05) is 19.5 Å². The van der Waals surface area contributed by atoms with Crippen molar-refractivity contribution in [3.05, 3.63) is 36.4 Å². The topological polar surface area (TPSA) is 77.8 Å². The molecule has 0 unspecified atom stereocenters. The number of nitrogens with zero attached hydrogens (tertiary/aromatic N) is 1. The van der Waals surface area contributed by atoms with Crippen LogP contribution < -0.4 is 5.46 Å². The predicted octanol–water partition coefficient (Wildman–Crippen LogP) is -0.230. The Hall–Kier alpha value is -1.41. The molecule has 0 heterocycles. The molecule has 0 aliphatic carbocycles. The molecule has 0 saturated carbocycles. The summed E-state index contributed by atoms with van der Waals surface area (Å²) < 4.78 is 25.6. The zero-order valence-electron chi connectivity index (χ0n) is 10.6. The van der Waals surface area contributed by atoms with E-state index in [1.54, 1.807) is 24.3 Å². The number of benzene rings is 2. The minimum atomic E-state index is -3.58. The molecule has 0 radical (unpaired) electrons. The van der Waals surface area contributed by atoms with Crippen LogP contribution in [0.25, 0.3) is 10.8 Å². The lowest BCUT2D eigenvalue weighted by Crippen LogP contribution is -2.31. The summed E-state index contributed by atoms with van der Waals surface area (Å²) in [4.78, 5) is 0.150. The number of rotatable bonds is 3. The summed E-state index contributed by atoms with van der Waals surface area (Å²) in [5.41, 5.74) is 0.285. The van der Waals surface area contributed by atoms with E-state index >= 15 is 0 Å². The molecule has 2 aromatic rings. The Morgan fingerprint density at radius 1 is 1.00 bits per heavy atom. The minimum Gasteiger partial charge on any atom is -0.423 e. The first-order valence-corrected chi connectivity index (χ1v) is 7.10. The van der Waals surface area contributed by atoms with Crippen LogP contribution in [0, 0.1) is 0 Å². The molecule has 0 aromatic heterocycles. The molecule has 0 fully saturated rings. The molecule has 0 amide bonds. The molecule has 2 N–H and O–H groups in total. The van der Waals surface area contributed by atoms with Crippen molar-refractivity contribution in [1.29, 1.82) is 0 Å². The SMILES string of the molecule is CN(C)S(=O)(=O)c1ccc(B(O)O)c2ccccc12. The van der Waals surface area contributed by atoms with Crippen molar-refractivity contribution in [2.45, 2.75) is 4.90 Å². The molecule has 0 aliphatic heterocycles. The average Bonchev–Trinajstić information content (AvgIpc) is 2.36. The summed E-state index contributed by atoms with van der Waals surface area (Å²) in [6.45, 7) is 0. The highest BCUT2D eigenvalue weighted by atomic mass is 32.2. The van der Waals surface area contributed by atoms with Gasteiger partial charge < -0.3 is 10.0 Å². The Kier molecular flexibility index (Phi) is 3.64. The van der Waals surface area contributed by atoms with Crippen LogP contribution in [0.5, 0.6) is 0 Å². The van der Waals surface area contributed by atoms with Gasteiger partial charge in [-0.3, -0.25) is 0 Å². The minimum absolute atomic E-state index is 0.150. The van der Waals surface area contributed by atoms with Crippen molar-refractivity contribution in [3.63, 3.8) is 0 Å². The summed E-state index contributed by atoms with van der Waals surface area (Å²) in [5.74, 6) is 0. The lowest BCUT2D eigenvalue weighted by Gasteiger charge is -2.15. The standard InChI is InChI=1S/C12H14BNO4S/c1-14(2)19(17,18)12-8-7-11(13(15)16)9-5-3-4-6-10(9)12/h3-8,15-16H,1-2H3. The van der Waals surface area contributed by atoms with Crippen LogP contribution in [-0.4, -0.2) is 44.0 Å². The van der Waals surface area contributed by atoms with Crippen molar-refractivity contribution in [2.24, 2.45) is 0 Å². The van der Waals surface area contributed by atoms with E-state index in [2.05, 4.69) is 0 Å². The van der Waals surface area contributed by atoms with Crippen LogP contribution in [0.15, 0.2) is 41.3 Å². The van der Waals surface area contributed by atoms with E-state index in [4.69, 9.17) is 0 Å². The lowest BCUT2D eigenvalue weighted by molar-refractivity contribution is 0.426. The van der Waals surface area contributed by atoms with Gasteiger partial charge in [-0.15, -0.1) is 0 Å². The molecule has 100 valence electrons. The van der Waals surface area contributed by atoms with Gasteiger partial charge in [-0.2, -0.15) is 0 Å². The van der Waals surface area contributed by atoms with E-state index in [1.165, 1.54) is 26.2 Å². The van der Waals surface area contributed by atoms with E-state index in [-0.39, 0.29) is 10.4 Å². The van der Waals surface area contributed by atoms with Gasteiger partial charge in [0.2, 0.25) is 10.0 Å². The van der Waals surface area contributed by atoms with Crippen LogP contribution in [0.3, 0.4) is 0 Å². The fourth-order valence-corrected chi connectivity index (χ4v) is 3.03. The monoisotopic (exact) mass is 279 g/mol. The van der Waals surface area contributed by atoms with E-state index in [9.17, 15) is 18.5 Å². The molecular weight excluding hydrogens is 265 g/mol. The molecule has 5 nitrogen and oxygen atoms in total. The Morgan fingerprint density at radius 2 is 1.58 bits per heavy atom. The normalized spacial score (nSPS) is 12.1. The van der Waals surface area contributed by atoms with Crippen molar-refractivity contribution >= 4 is 33.4 Å². The summed E-state index contributed by atoms with van der Waals surface area (Å²) >= 11 is 0. The van der Waals surface area contributed by atoms with Crippen molar-refractivity contribution in [2.75, 3.05) is 14.1 Å². The van der Waals surface area contributed by atoms with Gasteiger partial charge in [0.05, 0.1) is 4.90 Å². The smallest absolute Gasteiger partial charge is 0.423 e. The molecule has 2 aromatic carbocycles. The summed E-state index contributed by atoms with van der Waals surface area (Å²) in [6, 6.07) is 9.57. The van der Waals surface area contributed by atoms with Gasteiger partial charge in [0.15, 0.2) is 0 Å². The Labute approximate surface area is 112 Å². The van der Waals surface area contributed by atoms with Crippen LogP contribution in [0.4, 0.5) is 0 Å². The maximum absolute atomic E-state index is 12.2. The molecule has 0 saturated heterocycles. The number of sulfonamides is 1.